The molecule has 110 valence electrons. The van der Waals surface area contributed by atoms with E-state index in [9.17, 15) is 9.90 Å². The first-order chi connectivity index (χ1) is 9.69. The van der Waals surface area contributed by atoms with Gasteiger partial charge >= 0.3 is 6.03 Å². The molecule has 1 unspecified atom stereocenters. The summed E-state index contributed by atoms with van der Waals surface area (Å²) in [5, 5.41) is 12.5. The predicted octanol–water partition coefficient (Wildman–Crippen LogP) is 2.21. The number of aliphatic hydroxyl groups is 1. The Labute approximate surface area is 119 Å². The lowest BCUT2D eigenvalue weighted by atomic mass is 10.1. The van der Waals surface area contributed by atoms with Gasteiger partial charge in [-0.05, 0) is 37.5 Å². The zero-order valence-electron chi connectivity index (χ0n) is 11.8. The summed E-state index contributed by atoms with van der Waals surface area (Å²) in [7, 11) is 0. The van der Waals surface area contributed by atoms with Gasteiger partial charge in [-0.25, -0.2) is 4.79 Å². The van der Waals surface area contributed by atoms with Gasteiger partial charge in [0.1, 0.15) is 0 Å². The van der Waals surface area contributed by atoms with E-state index in [1.807, 2.05) is 31.2 Å². The first-order valence-electron chi connectivity index (χ1n) is 7.09. The van der Waals surface area contributed by atoms with Crippen LogP contribution >= 0.6 is 0 Å². The van der Waals surface area contributed by atoms with Crippen LogP contribution in [0.2, 0.25) is 0 Å². The topological polar surface area (TPSA) is 61.8 Å². The molecule has 2 N–H and O–H groups in total. The molecule has 1 aromatic carbocycles. The number of nitrogens with zero attached hydrogens (tertiary/aromatic N) is 1. The monoisotopic (exact) mass is 278 g/mol. The van der Waals surface area contributed by atoms with E-state index in [-0.39, 0.29) is 6.03 Å². The molecule has 0 radical (unpaired) electrons. The van der Waals surface area contributed by atoms with Gasteiger partial charge in [0.2, 0.25) is 0 Å². The van der Waals surface area contributed by atoms with Gasteiger partial charge in [-0.2, -0.15) is 0 Å². The second kappa shape index (κ2) is 7.26. The summed E-state index contributed by atoms with van der Waals surface area (Å²) < 4.78 is 5.35. The highest BCUT2D eigenvalue weighted by Gasteiger charge is 2.21. The van der Waals surface area contributed by atoms with Gasteiger partial charge in [-0.1, -0.05) is 12.1 Å². The van der Waals surface area contributed by atoms with Crippen LogP contribution in [0.1, 0.15) is 25.3 Å². The molecule has 0 spiro atoms. The second-order valence-corrected chi connectivity index (χ2v) is 5.01. The molecule has 0 aromatic heterocycles. The largest absolute Gasteiger partial charge is 0.391 e. The van der Waals surface area contributed by atoms with Crippen LogP contribution in [0.5, 0.6) is 0 Å². The van der Waals surface area contributed by atoms with Crippen molar-refractivity contribution in [3.8, 4) is 0 Å². The maximum Gasteiger partial charge on any atom is 0.321 e. The minimum absolute atomic E-state index is 0.155. The Morgan fingerprint density at radius 2 is 2.40 bits per heavy atom. The van der Waals surface area contributed by atoms with Gasteiger partial charge in [-0.15, -0.1) is 0 Å². The lowest BCUT2D eigenvalue weighted by Gasteiger charge is -2.30. The summed E-state index contributed by atoms with van der Waals surface area (Å²) >= 11 is 0. The van der Waals surface area contributed by atoms with Gasteiger partial charge in [0, 0.05) is 25.4 Å². The number of carbonyl (C=O) groups excluding carboxylic acids is 1. The molecule has 1 atom stereocenters. The molecule has 20 heavy (non-hydrogen) atoms. The molecule has 5 heteroatoms. The fraction of sp³-hybridized carbons (Fsp3) is 0.533. The Bertz CT molecular complexity index is 450. The Morgan fingerprint density at radius 1 is 1.55 bits per heavy atom. The molecule has 1 saturated heterocycles. The molecule has 2 rings (SSSR count). The number of nitrogens with one attached hydrogen (secondary N) is 1. The second-order valence-electron chi connectivity index (χ2n) is 5.01. The summed E-state index contributed by atoms with van der Waals surface area (Å²) in [4.78, 5) is 13.8. The molecule has 0 saturated carbocycles. The number of hydrogen-bond acceptors (Lipinski definition) is 3. The third-order valence-electron chi connectivity index (χ3n) is 3.33. The van der Waals surface area contributed by atoms with Crippen LogP contribution in [-0.2, 0) is 11.3 Å². The van der Waals surface area contributed by atoms with E-state index in [0.29, 0.717) is 26.3 Å². The van der Waals surface area contributed by atoms with Crippen molar-refractivity contribution in [1.82, 2.24) is 4.90 Å². The van der Waals surface area contributed by atoms with Gasteiger partial charge < -0.3 is 20.1 Å². The Hall–Kier alpha value is -1.59. The number of rotatable bonds is 4. The van der Waals surface area contributed by atoms with Crippen LogP contribution in [0.4, 0.5) is 10.5 Å². The number of hydrogen-bond donors (Lipinski definition) is 2. The number of urea groups is 1. The van der Waals surface area contributed by atoms with Crippen molar-refractivity contribution in [2.45, 2.75) is 32.5 Å². The molecule has 2 amide bonds. The molecule has 1 aliphatic heterocycles. The number of piperidine rings is 1. The lowest BCUT2D eigenvalue weighted by molar-refractivity contribution is 0.0883. The highest BCUT2D eigenvalue weighted by molar-refractivity contribution is 5.89. The van der Waals surface area contributed by atoms with Gasteiger partial charge in [0.05, 0.1) is 12.7 Å². The van der Waals surface area contributed by atoms with E-state index in [1.165, 1.54) is 0 Å². The minimum atomic E-state index is -0.404. The van der Waals surface area contributed by atoms with Crippen LogP contribution in [0.15, 0.2) is 24.3 Å². The van der Waals surface area contributed by atoms with E-state index < -0.39 is 6.10 Å². The minimum Gasteiger partial charge on any atom is -0.391 e. The number of amides is 2. The highest BCUT2D eigenvalue weighted by atomic mass is 16.5. The predicted molar refractivity (Wildman–Crippen MR) is 77.6 cm³/mol. The molecule has 1 fully saturated rings. The third kappa shape index (κ3) is 4.21. The van der Waals surface area contributed by atoms with Crippen molar-refractivity contribution >= 4 is 11.7 Å². The molecular weight excluding hydrogens is 256 g/mol. The van der Waals surface area contributed by atoms with Crippen LogP contribution in [-0.4, -0.2) is 41.8 Å². The SMILES string of the molecule is CCOCc1cccc(NC(=O)N2CCCC(O)C2)c1. The van der Waals surface area contributed by atoms with Crippen molar-refractivity contribution in [2.24, 2.45) is 0 Å². The Morgan fingerprint density at radius 3 is 3.15 bits per heavy atom. The zero-order valence-corrected chi connectivity index (χ0v) is 11.8. The highest BCUT2D eigenvalue weighted by Crippen LogP contribution is 2.15. The molecule has 0 bridgehead atoms. The maximum atomic E-state index is 12.1. The average Bonchev–Trinajstić information content (AvgIpc) is 2.45. The number of likely N-dealkylation sites (tertiary alicyclic amines) is 1. The number of β-amino-alcohol motifs (C(OH)–C–C–N with tert-alkyl or cyclic N) is 1. The Kier molecular flexibility index (Phi) is 5.38. The molecule has 0 aliphatic carbocycles. The zero-order chi connectivity index (χ0) is 14.4. The summed E-state index contributed by atoms with van der Waals surface area (Å²) in [6, 6.07) is 7.48. The molecule has 5 nitrogen and oxygen atoms in total. The van der Waals surface area contributed by atoms with E-state index in [1.54, 1.807) is 4.90 Å². The molecular formula is C15H22N2O3. The summed E-state index contributed by atoms with van der Waals surface area (Å²) in [6.07, 6.45) is 1.21. The summed E-state index contributed by atoms with van der Waals surface area (Å²) in [5.41, 5.74) is 1.79. The fourth-order valence-electron chi connectivity index (χ4n) is 2.30. The van der Waals surface area contributed by atoms with Crippen LogP contribution < -0.4 is 5.32 Å². The van der Waals surface area contributed by atoms with E-state index in [4.69, 9.17) is 4.74 Å². The van der Waals surface area contributed by atoms with Gasteiger partial charge in [0.15, 0.2) is 0 Å². The van der Waals surface area contributed by atoms with Crippen LogP contribution in [0.25, 0.3) is 0 Å². The normalized spacial score (nSPS) is 18.9. The van der Waals surface area contributed by atoms with Gasteiger partial charge in [0.25, 0.3) is 0 Å². The fourth-order valence-corrected chi connectivity index (χ4v) is 2.30. The maximum absolute atomic E-state index is 12.1. The van der Waals surface area contributed by atoms with Crippen molar-refractivity contribution in [1.29, 1.82) is 0 Å². The van der Waals surface area contributed by atoms with E-state index in [0.717, 1.165) is 24.1 Å². The average molecular weight is 278 g/mol. The van der Waals surface area contributed by atoms with Crippen molar-refractivity contribution in [2.75, 3.05) is 25.0 Å². The number of ether oxygens (including phenoxy) is 1. The number of benzene rings is 1. The quantitative estimate of drug-likeness (QED) is 0.887. The first-order valence-corrected chi connectivity index (χ1v) is 7.09. The van der Waals surface area contributed by atoms with Crippen LogP contribution in [0.3, 0.4) is 0 Å². The Balaban J connectivity index is 1.93. The molecule has 1 heterocycles. The lowest BCUT2D eigenvalue weighted by Crippen LogP contribution is -2.44. The van der Waals surface area contributed by atoms with Crippen molar-refractivity contribution < 1.29 is 14.6 Å². The van der Waals surface area contributed by atoms with E-state index in [2.05, 4.69) is 5.32 Å². The van der Waals surface area contributed by atoms with Crippen molar-refractivity contribution in [3.05, 3.63) is 29.8 Å². The summed E-state index contributed by atoms with van der Waals surface area (Å²) in [5.74, 6) is 0. The first kappa shape index (κ1) is 14.8. The van der Waals surface area contributed by atoms with Gasteiger partial charge in [-0.3, -0.25) is 0 Å². The standard InChI is InChI=1S/C15H22N2O3/c1-2-20-11-12-5-3-6-13(9-12)16-15(19)17-8-4-7-14(18)10-17/h3,5-6,9,14,18H,2,4,7-8,10-11H2,1H3,(H,16,19). The summed E-state index contributed by atoms with van der Waals surface area (Å²) in [6.45, 7) is 4.27. The molecule has 1 aliphatic rings. The van der Waals surface area contributed by atoms with Crippen molar-refractivity contribution in [3.63, 3.8) is 0 Å². The molecule has 1 aromatic rings. The van der Waals surface area contributed by atoms with E-state index >= 15 is 0 Å². The number of anilines is 1. The number of carbonyl (C=O) groups is 1. The third-order valence-corrected chi connectivity index (χ3v) is 3.33. The smallest absolute Gasteiger partial charge is 0.321 e. The number of aliphatic hydroxyl groups excluding tert-OH is 1. The van der Waals surface area contributed by atoms with Crippen LogP contribution in [0, 0.1) is 0 Å².